The molecule has 0 heterocycles. The lowest BCUT2D eigenvalue weighted by atomic mass is 10.0. The second-order valence-corrected chi connectivity index (χ2v) is 10.2. The molecule has 2 unspecified atom stereocenters. The summed E-state index contributed by atoms with van der Waals surface area (Å²) in [6.07, 6.45) is 17.0. The standard InChI is InChI=1S/C20H41OP/c1-6-11-14-19(9-4)17-22(21,16-13-8-3)18-20(10-5)15-12-7-2/h8,13,19-20H,6-7,9-12,14-18H2,1-5H3. The summed E-state index contributed by atoms with van der Waals surface area (Å²) in [5, 5.41) is 0. The van der Waals surface area contributed by atoms with E-state index in [0.717, 1.165) is 18.5 Å². The summed E-state index contributed by atoms with van der Waals surface area (Å²) in [6.45, 7) is 11.1. The maximum absolute atomic E-state index is 13.6. The summed E-state index contributed by atoms with van der Waals surface area (Å²) in [5.41, 5.74) is 0. The van der Waals surface area contributed by atoms with E-state index in [1.807, 2.05) is 6.92 Å². The lowest BCUT2D eigenvalue weighted by Gasteiger charge is -2.26. The molecule has 0 aromatic rings. The average Bonchev–Trinajstić information content (AvgIpc) is 2.53. The van der Waals surface area contributed by atoms with Crippen LogP contribution in [0.5, 0.6) is 0 Å². The van der Waals surface area contributed by atoms with Crippen molar-refractivity contribution >= 4 is 7.14 Å². The number of allylic oxidation sites excluding steroid dienone is 2. The van der Waals surface area contributed by atoms with Crippen molar-refractivity contribution < 1.29 is 4.57 Å². The molecule has 132 valence electrons. The predicted octanol–water partition coefficient (Wildman–Crippen LogP) is 7.36. The highest BCUT2D eigenvalue weighted by Crippen LogP contribution is 2.51. The van der Waals surface area contributed by atoms with Crippen molar-refractivity contribution in [2.45, 2.75) is 86.0 Å². The molecule has 1 nitrogen and oxygen atoms in total. The van der Waals surface area contributed by atoms with Crippen LogP contribution in [0, 0.1) is 11.8 Å². The zero-order valence-corrected chi connectivity index (χ0v) is 16.8. The van der Waals surface area contributed by atoms with Gasteiger partial charge in [0, 0.05) is 18.5 Å². The van der Waals surface area contributed by atoms with Gasteiger partial charge >= 0.3 is 0 Å². The average molecular weight is 329 g/mol. The molecule has 0 aromatic carbocycles. The maximum Gasteiger partial charge on any atom is 0.0918 e. The number of unbranched alkanes of at least 4 members (excludes halogenated alkanes) is 2. The van der Waals surface area contributed by atoms with Gasteiger partial charge in [-0.05, 0) is 18.8 Å². The molecule has 0 radical (unpaired) electrons. The van der Waals surface area contributed by atoms with E-state index in [2.05, 4.69) is 39.8 Å². The molecule has 0 saturated heterocycles. The summed E-state index contributed by atoms with van der Waals surface area (Å²) in [5.74, 6) is 1.33. The van der Waals surface area contributed by atoms with Crippen LogP contribution in [0.15, 0.2) is 12.2 Å². The van der Waals surface area contributed by atoms with Gasteiger partial charge in [0.15, 0.2) is 0 Å². The molecule has 0 aliphatic heterocycles. The van der Waals surface area contributed by atoms with Crippen molar-refractivity contribution in [3.8, 4) is 0 Å². The van der Waals surface area contributed by atoms with Crippen LogP contribution in [0.3, 0.4) is 0 Å². The molecule has 2 atom stereocenters. The predicted molar refractivity (Wildman–Crippen MR) is 104 cm³/mol. The van der Waals surface area contributed by atoms with Gasteiger partial charge in [0.25, 0.3) is 0 Å². The van der Waals surface area contributed by atoms with Gasteiger partial charge in [0.05, 0.1) is 7.14 Å². The summed E-state index contributed by atoms with van der Waals surface area (Å²) < 4.78 is 13.6. The lowest BCUT2D eigenvalue weighted by molar-refractivity contribution is 0.463. The topological polar surface area (TPSA) is 17.1 Å². The van der Waals surface area contributed by atoms with Gasteiger partial charge in [-0.1, -0.05) is 91.2 Å². The Labute approximate surface area is 140 Å². The third-order valence-corrected chi connectivity index (χ3v) is 8.18. The summed E-state index contributed by atoms with van der Waals surface area (Å²) in [7, 11) is -2.05. The zero-order chi connectivity index (χ0) is 16.8. The second kappa shape index (κ2) is 13.4. The van der Waals surface area contributed by atoms with E-state index in [1.54, 1.807) is 0 Å². The van der Waals surface area contributed by atoms with Crippen LogP contribution in [-0.2, 0) is 4.57 Å². The number of hydrogen-bond acceptors (Lipinski definition) is 1. The molecule has 0 aromatic heterocycles. The lowest BCUT2D eigenvalue weighted by Crippen LogP contribution is -2.14. The van der Waals surface area contributed by atoms with Gasteiger partial charge in [0.1, 0.15) is 0 Å². The van der Waals surface area contributed by atoms with E-state index in [4.69, 9.17) is 0 Å². The van der Waals surface area contributed by atoms with Crippen LogP contribution in [0.2, 0.25) is 0 Å². The van der Waals surface area contributed by atoms with Crippen molar-refractivity contribution in [2.75, 3.05) is 18.5 Å². The SMILES string of the molecule is CC=CCP(=O)(CC(CC)CCCC)CC(CC)CCCC. The molecule has 0 amide bonds. The Bertz CT molecular complexity index is 300. The monoisotopic (exact) mass is 328 g/mol. The van der Waals surface area contributed by atoms with Crippen molar-refractivity contribution in [2.24, 2.45) is 11.8 Å². The Morgan fingerprint density at radius 1 is 0.864 bits per heavy atom. The van der Waals surface area contributed by atoms with E-state index in [9.17, 15) is 4.57 Å². The molecule has 0 saturated carbocycles. The first-order valence-corrected chi connectivity index (χ1v) is 12.0. The van der Waals surface area contributed by atoms with Gasteiger partial charge in [0.2, 0.25) is 0 Å². The summed E-state index contributed by atoms with van der Waals surface area (Å²) in [6, 6.07) is 0. The van der Waals surface area contributed by atoms with Crippen LogP contribution >= 0.6 is 7.14 Å². The minimum atomic E-state index is -2.05. The molecule has 2 heteroatoms. The van der Waals surface area contributed by atoms with Crippen LogP contribution in [0.4, 0.5) is 0 Å². The van der Waals surface area contributed by atoms with Gasteiger partial charge in [-0.2, -0.15) is 0 Å². The van der Waals surface area contributed by atoms with Crippen LogP contribution in [-0.4, -0.2) is 18.5 Å². The quantitative estimate of drug-likeness (QED) is 0.240. The van der Waals surface area contributed by atoms with E-state index in [-0.39, 0.29) is 0 Å². The van der Waals surface area contributed by atoms with Gasteiger partial charge in [-0.25, -0.2) is 0 Å². The molecule has 0 fully saturated rings. The summed E-state index contributed by atoms with van der Waals surface area (Å²) in [4.78, 5) is 0. The molecule has 0 rings (SSSR count). The fourth-order valence-corrected chi connectivity index (χ4v) is 7.10. The third kappa shape index (κ3) is 9.88. The Kier molecular flexibility index (Phi) is 13.4. The fraction of sp³-hybridized carbons (Fsp3) is 0.900. The first-order chi connectivity index (χ1) is 10.5. The molecular formula is C20H41OP. The highest BCUT2D eigenvalue weighted by atomic mass is 31.2. The van der Waals surface area contributed by atoms with E-state index in [1.165, 1.54) is 51.4 Å². The van der Waals surface area contributed by atoms with E-state index < -0.39 is 7.14 Å². The van der Waals surface area contributed by atoms with Crippen LogP contribution in [0.25, 0.3) is 0 Å². The normalized spacial score (nSPS) is 17.5. The molecule has 0 N–H and O–H groups in total. The minimum Gasteiger partial charge on any atom is -0.323 e. The molecule has 0 aliphatic rings. The highest BCUT2D eigenvalue weighted by Gasteiger charge is 2.27. The van der Waals surface area contributed by atoms with Gasteiger partial charge in [-0.3, -0.25) is 0 Å². The first-order valence-electron chi connectivity index (χ1n) is 9.73. The second-order valence-electron chi connectivity index (χ2n) is 7.01. The molecular weight excluding hydrogens is 287 g/mol. The van der Waals surface area contributed by atoms with Crippen LogP contribution < -0.4 is 0 Å². The Morgan fingerprint density at radius 3 is 1.64 bits per heavy atom. The fourth-order valence-electron chi connectivity index (χ4n) is 3.30. The van der Waals surface area contributed by atoms with Crippen molar-refractivity contribution in [3.63, 3.8) is 0 Å². The molecule has 22 heavy (non-hydrogen) atoms. The van der Waals surface area contributed by atoms with Gasteiger partial charge < -0.3 is 4.57 Å². The maximum atomic E-state index is 13.6. The largest absolute Gasteiger partial charge is 0.323 e. The van der Waals surface area contributed by atoms with Crippen molar-refractivity contribution in [3.05, 3.63) is 12.2 Å². The molecule has 0 bridgehead atoms. The van der Waals surface area contributed by atoms with E-state index in [0.29, 0.717) is 11.8 Å². The molecule has 0 spiro atoms. The Balaban J connectivity index is 4.83. The zero-order valence-electron chi connectivity index (χ0n) is 15.9. The minimum absolute atomic E-state index is 0.666. The smallest absolute Gasteiger partial charge is 0.0918 e. The van der Waals surface area contributed by atoms with Crippen LogP contribution in [0.1, 0.15) is 86.0 Å². The summed E-state index contributed by atoms with van der Waals surface area (Å²) >= 11 is 0. The van der Waals surface area contributed by atoms with Gasteiger partial charge in [-0.15, -0.1) is 0 Å². The number of rotatable bonds is 14. The van der Waals surface area contributed by atoms with Crippen molar-refractivity contribution in [1.29, 1.82) is 0 Å². The highest BCUT2D eigenvalue weighted by molar-refractivity contribution is 7.64. The van der Waals surface area contributed by atoms with Crippen molar-refractivity contribution in [1.82, 2.24) is 0 Å². The third-order valence-electron chi connectivity index (χ3n) is 4.94. The Hall–Kier alpha value is -0.0300. The first kappa shape index (κ1) is 22.0. The Morgan fingerprint density at radius 2 is 1.32 bits per heavy atom. The van der Waals surface area contributed by atoms with E-state index >= 15 is 0 Å². The number of hydrogen-bond donors (Lipinski definition) is 0. The molecule has 0 aliphatic carbocycles.